The summed E-state index contributed by atoms with van der Waals surface area (Å²) in [6.07, 6.45) is 0. The van der Waals surface area contributed by atoms with Crippen LogP contribution < -0.4 is 10.2 Å². The summed E-state index contributed by atoms with van der Waals surface area (Å²) in [7, 11) is 2.16. The fourth-order valence-corrected chi connectivity index (χ4v) is 4.62. The average Bonchev–Trinajstić information content (AvgIpc) is 3.15. The number of para-hydroxylation sites is 2. The summed E-state index contributed by atoms with van der Waals surface area (Å²) in [5, 5.41) is 4.40. The first-order chi connectivity index (χ1) is 14.7. The van der Waals surface area contributed by atoms with Crippen LogP contribution in [0, 0.1) is 0 Å². The number of nitrogens with one attached hydrogen (secondary N) is 1. The molecule has 2 aliphatic heterocycles. The second-order valence-electron chi connectivity index (χ2n) is 8.22. The number of benzene rings is 2. The van der Waals surface area contributed by atoms with Crippen LogP contribution in [0.15, 0.2) is 54.6 Å². The lowest BCUT2D eigenvalue weighted by Gasteiger charge is -2.36. The van der Waals surface area contributed by atoms with Gasteiger partial charge in [-0.2, -0.15) is 0 Å². The Morgan fingerprint density at radius 1 is 0.833 bits per heavy atom. The fourth-order valence-electron chi connectivity index (χ4n) is 4.62. The number of rotatable bonds is 3. The lowest BCUT2D eigenvalue weighted by Crippen LogP contribution is -2.48. The van der Waals surface area contributed by atoms with Crippen molar-refractivity contribution in [3.63, 3.8) is 0 Å². The zero-order valence-electron chi connectivity index (χ0n) is 17.6. The van der Waals surface area contributed by atoms with Crippen molar-refractivity contribution in [1.82, 2.24) is 19.7 Å². The summed E-state index contributed by atoms with van der Waals surface area (Å²) in [5.74, 6) is 1.19. The molecule has 6 heteroatoms. The zero-order chi connectivity index (χ0) is 20.5. The molecule has 6 nitrogen and oxygen atoms in total. The lowest BCUT2D eigenvalue weighted by molar-refractivity contribution is 0.0738. The molecule has 2 fully saturated rings. The van der Waals surface area contributed by atoms with Crippen LogP contribution in [0.2, 0.25) is 0 Å². The second-order valence-corrected chi connectivity index (χ2v) is 8.22. The molecule has 0 aliphatic carbocycles. The number of amides is 1. The van der Waals surface area contributed by atoms with Crippen LogP contribution in [-0.2, 0) is 0 Å². The van der Waals surface area contributed by atoms with Crippen molar-refractivity contribution in [2.45, 2.75) is 0 Å². The van der Waals surface area contributed by atoms with Crippen LogP contribution in [0.4, 0.5) is 5.82 Å². The molecular formula is C24H29N5O. The molecule has 1 aromatic heterocycles. The number of carbonyl (C=O) groups is 1. The van der Waals surface area contributed by atoms with Gasteiger partial charge in [-0.25, -0.2) is 0 Å². The molecule has 30 heavy (non-hydrogen) atoms. The summed E-state index contributed by atoms with van der Waals surface area (Å²) in [4.78, 5) is 20.6. The maximum atomic E-state index is 13.8. The summed E-state index contributed by atoms with van der Waals surface area (Å²) in [5.41, 5.74) is 3.04. The van der Waals surface area contributed by atoms with Crippen molar-refractivity contribution >= 4 is 22.6 Å². The van der Waals surface area contributed by atoms with E-state index in [1.54, 1.807) is 0 Å². The molecule has 0 bridgehead atoms. The van der Waals surface area contributed by atoms with Crippen molar-refractivity contribution in [1.29, 1.82) is 0 Å². The highest BCUT2D eigenvalue weighted by atomic mass is 16.2. The molecule has 0 saturated carbocycles. The Kier molecular flexibility index (Phi) is 5.19. The van der Waals surface area contributed by atoms with Gasteiger partial charge in [-0.05, 0) is 25.2 Å². The predicted octanol–water partition coefficient (Wildman–Crippen LogP) is 2.43. The fraction of sp³-hybridized carbons (Fsp3) is 0.375. The number of likely N-dealkylation sites (N-methyl/N-ethyl adjacent to an activating group) is 1. The van der Waals surface area contributed by atoms with E-state index in [1.165, 1.54) is 0 Å². The highest BCUT2D eigenvalue weighted by Gasteiger charge is 2.31. The summed E-state index contributed by atoms with van der Waals surface area (Å²) in [6.45, 7) is 7.05. The third-order valence-corrected chi connectivity index (χ3v) is 6.28. The van der Waals surface area contributed by atoms with Crippen LogP contribution in [-0.4, -0.2) is 79.7 Å². The first-order valence-corrected chi connectivity index (χ1v) is 10.9. The van der Waals surface area contributed by atoms with E-state index in [0.717, 1.165) is 80.3 Å². The van der Waals surface area contributed by atoms with Crippen molar-refractivity contribution in [3.8, 4) is 5.69 Å². The minimum Gasteiger partial charge on any atom is -0.354 e. The maximum Gasteiger partial charge on any atom is 0.258 e. The number of hydrogen-bond acceptors (Lipinski definition) is 4. The van der Waals surface area contributed by atoms with Gasteiger partial charge in [0, 0.05) is 63.4 Å². The Morgan fingerprint density at radius 3 is 2.23 bits per heavy atom. The number of hydrogen-bond donors (Lipinski definition) is 1. The first-order valence-electron chi connectivity index (χ1n) is 10.9. The molecule has 0 radical (unpaired) electrons. The molecule has 5 rings (SSSR count). The van der Waals surface area contributed by atoms with E-state index in [4.69, 9.17) is 0 Å². The van der Waals surface area contributed by atoms with Gasteiger partial charge in [0.05, 0.1) is 11.1 Å². The molecular weight excluding hydrogens is 374 g/mol. The monoisotopic (exact) mass is 403 g/mol. The van der Waals surface area contributed by atoms with Gasteiger partial charge in [0.25, 0.3) is 5.91 Å². The van der Waals surface area contributed by atoms with Crippen LogP contribution in [0.25, 0.3) is 16.6 Å². The number of piperazine rings is 2. The molecule has 3 heterocycles. The number of carbonyl (C=O) groups excluding carboxylic acids is 1. The van der Waals surface area contributed by atoms with Crippen LogP contribution in [0.3, 0.4) is 0 Å². The van der Waals surface area contributed by atoms with Crippen molar-refractivity contribution in [2.75, 3.05) is 64.3 Å². The highest BCUT2D eigenvalue weighted by Crippen LogP contribution is 2.37. The molecule has 2 aromatic carbocycles. The standard InChI is InChI=1S/C24H29N5O/c1-26-15-17-27(18-16-26)23-22(24(30)28-13-11-25-12-14-28)20-9-5-6-10-21(20)29(23)19-7-3-2-4-8-19/h2-10,25H,11-18H2,1H3. The van der Waals surface area contributed by atoms with Crippen molar-refractivity contribution < 1.29 is 4.79 Å². The van der Waals surface area contributed by atoms with E-state index in [2.05, 4.69) is 69.2 Å². The van der Waals surface area contributed by atoms with Gasteiger partial charge in [0.1, 0.15) is 5.82 Å². The number of aromatic nitrogens is 1. The van der Waals surface area contributed by atoms with E-state index < -0.39 is 0 Å². The SMILES string of the molecule is CN1CCN(c2c(C(=O)N3CCNCC3)c3ccccc3n2-c2ccccc2)CC1. The molecule has 0 spiro atoms. The Bertz CT molecular complexity index is 1030. The summed E-state index contributed by atoms with van der Waals surface area (Å²) in [6, 6.07) is 18.8. The largest absolute Gasteiger partial charge is 0.354 e. The molecule has 0 atom stereocenters. The Labute approximate surface area is 177 Å². The molecule has 3 aromatic rings. The average molecular weight is 404 g/mol. The van der Waals surface area contributed by atoms with Gasteiger partial charge in [-0.3, -0.25) is 9.36 Å². The molecule has 0 unspecified atom stereocenters. The molecule has 2 aliphatic rings. The van der Waals surface area contributed by atoms with E-state index in [1.807, 2.05) is 17.0 Å². The third kappa shape index (κ3) is 3.36. The summed E-state index contributed by atoms with van der Waals surface area (Å²) >= 11 is 0. The van der Waals surface area contributed by atoms with Crippen molar-refractivity contribution in [3.05, 3.63) is 60.2 Å². The second kappa shape index (κ2) is 8.13. The number of fused-ring (bicyclic) bond motifs is 1. The highest BCUT2D eigenvalue weighted by molar-refractivity contribution is 6.13. The molecule has 1 amide bonds. The number of anilines is 1. The predicted molar refractivity (Wildman–Crippen MR) is 122 cm³/mol. The zero-order valence-corrected chi connectivity index (χ0v) is 17.6. The minimum absolute atomic E-state index is 0.149. The van der Waals surface area contributed by atoms with Crippen LogP contribution >= 0.6 is 0 Å². The maximum absolute atomic E-state index is 13.8. The first kappa shape index (κ1) is 19.2. The molecule has 2 saturated heterocycles. The Balaban J connectivity index is 1.73. The van der Waals surface area contributed by atoms with Gasteiger partial charge < -0.3 is 20.0 Å². The molecule has 1 N–H and O–H groups in total. The topological polar surface area (TPSA) is 43.8 Å². The van der Waals surface area contributed by atoms with Gasteiger partial charge in [0.15, 0.2) is 0 Å². The van der Waals surface area contributed by atoms with Gasteiger partial charge in [0.2, 0.25) is 0 Å². The quantitative estimate of drug-likeness (QED) is 0.730. The van der Waals surface area contributed by atoms with E-state index in [0.29, 0.717) is 0 Å². The minimum atomic E-state index is 0.149. The third-order valence-electron chi connectivity index (χ3n) is 6.28. The Hall–Kier alpha value is -2.83. The van der Waals surface area contributed by atoms with E-state index >= 15 is 0 Å². The lowest BCUT2D eigenvalue weighted by atomic mass is 10.1. The normalized spacial score (nSPS) is 18.2. The van der Waals surface area contributed by atoms with Crippen LogP contribution in [0.5, 0.6) is 0 Å². The van der Waals surface area contributed by atoms with E-state index in [-0.39, 0.29) is 5.91 Å². The summed E-state index contributed by atoms with van der Waals surface area (Å²) < 4.78 is 2.29. The van der Waals surface area contributed by atoms with E-state index in [9.17, 15) is 4.79 Å². The van der Waals surface area contributed by atoms with Gasteiger partial charge >= 0.3 is 0 Å². The van der Waals surface area contributed by atoms with Gasteiger partial charge in [-0.15, -0.1) is 0 Å². The molecule has 156 valence electrons. The van der Waals surface area contributed by atoms with Crippen LogP contribution in [0.1, 0.15) is 10.4 Å². The number of nitrogens with zero attached hydrogens (tertiary/aromatic N) is 4. The smallest absolute Gasteiger partial charge is 0.258 e. The van der Waals surface area contributed by atoms with Gasteiger partial charge in [-0.1, -0.05) is 36.4 Å². The van der Waals surface area contributed by atoms with Crippen molar-refractivity contribution in [2.24, 2.45) is 0 Å². The Morgan fingerprint density at radius 2 is 1.50 bits per heavy atom.